The molecule has 3 N–H and O–H groups in total. The molecule has 0 rings (SSSR count). The van der Waals surface area contributed by atoms with E-state index >= 15 is 0 Å². The van der Waals surface area contributed by atoms with Gasteiger partial charge in [-0.05, 0) is 51.4 Å². The number of unbranched alkanes of at least 4 members (excludes halogenated alkanes) is 9. The lowest BCUT2D eigenvalue weighted by molar-refractivity contribution is -0.161. The smallest absolute Gasteiger partial charge is 0.462 e. The van der Waals surface area contributed by atoms with Gasteiger partial charge in [0.05, 0.1) is 13.2 Å². The molecule has 0 heterocycles. The molecule has 0 saturated carbocycles. The number of allylic oxidation sites excluding steroid dienone is 12. The van der Waals surface area contributed by atoms with Gasteiger partial charge >= 0.3 is 19.8 Å². The largest absolute Gasteiger partial charge is 0.472 e. The predicted octanol–water partition coefficient (Wildman–Crippen LogP) is 10.3. The van der Waals surface area contributed by atoms with Crippen molar-refractivity contribution in [1.82, 2.24) is 0 Å². The lowest BCUT2D eigenvalue weighted by atomic mass is 10.1. The Kier molecular flexibility index (Phi) is 34.4. The molecule has 0 radical (unpaired) electrons. The zero-order valence-electron chi connectivity index (χ0n) is 31.1. The van der Waals surface area contributed by atoms with Gasteiger partial charge in [0.25, 0.3) is 0 Å². The summed E-state index contributed by atoms with van der Waals surface area (Å²) >= 11 is 0. The van der Waals surface area contributed by atoms with Crippen LogP contribution in [-0.2, 0) is 32.7 Å². The summed E-state index contributed by atoms with van der Waals surface area (Å²) in [5.41, 5.74) is 5.32. The minimum atomic E-state index is -4.39. The van der Waals surface area contributed by atoms with Crippen LogP contribution in [0, 0.1) is 0 Å². The Labute approximate surface area is 303 Å². The first-order valence-electron chi connectivity index (χ1n) is 18.9. The number of hydrogen-bond acceptors (Lipinski definition) is 8. The normalized spacial score (nSPS) is 14.2. The van der Waals surface area contributed by atoms with Gasteiger partial charge in [-0.25, -0.2) is 4.57 Å². The maximum atomic E-state index is 12.5. The van der Waals surface area contributed by atoms with Gasteiger partial charge in [-0.15, -0.1) is 0 Å². The molecule has 0 aliphatic rings. The number of ether oxygens (including phenoxy) is 2. The van der Waals surface area contributed by atoms with Crippen LogP contribution < -0.4 is 5.73 Å². The lowest BCUT2D eigenvalue weighted by Gasteiger charge is -2.19. The maximum absolute atomic E-state index is 12.5. The zero-order valence-corrected chi connectivity index (χ0v) is 32.0. The summed E-state index contributed by atoms with van der Waals surface area (Å²) in [7, 11) is -4.39. The molecule has 0 aromatic carbocycles. The van der Waals surface area contributed by atoms with Crippen molar-refractivity contribution in [3.63, 3.8) is 0 Å². The monoisotopic (exact) mass is 721 g/mol. The van der Waals surface area contributed by atoms with Crippen molar-refractivity contribution in [2.75, 3.05) is 26.4 Å². The predicted molar refractivity (Wildman–Crippen MR) is 206 cm³/mol. The molecule has 286 valence electrons. The van der Waals surface area contributed by atoms with E-state index in [9.17, 15) is 19.0 Å². The molecule has 0 aliphatic carbocycles. The highest BCUT2D eigenvalue weighted by atomic mass is 31.2. The van der Waals surface area contributed by atoms with Crippen LogP contribution in [0.5, 0.6) is 0 Å². The van der Waals surface area contributed by atoms with Gasteiger partial charge in [-0.3, -0.25) is 18.6 Å². The summed E-state index contributed by atoms with van der Waals surface area (Å²) in [5.74, 6) is -0.935. The van der Waals surface area contributed by atoms with Crippen molar-refractivity contribution in [3.05, 3.63) is 72.9 Å². The van der Waals surface area contributed by atoms with Crippen molar-refractivity contribution >= 4 is 19.8 Å². The van der Waals surface area contributed by atoms with Gasteiger partial charge in [0.1, 0.15) is 6.61 Å². The number of hydrogen-bond donors (Lipinski definition) is 2. The van der Waals surface area contributed by atoms with Crippen LogP contribution in [0.3, 0.4) is 0 Å². The number of phosphoric acid groups is 1. The fourth-order valence-electron chi connectivity index (χ4n) is 4.60. The number of phosphoric ester groups is 1. The fraction of sp³-hybridized carbons (Fsp3) is 0.650. The minimum absolute atomic E-state index is 0.0392. The van der Waals surface area contributed by atoms with Crippen LogP contribution in [0.2, 0.25) is 0 Å². The number of carbonyl (C=O) groups excluding carboxylic acids is 2. The summed E-state index contributed by atoms with van der Waals surface area (Å²) in [4.78, 5) is 34.6. The van der Waals surface area contributed by atoms with E-state index in [4.69, 9.17) is 24.3 Å². The molecule has 10 heteroatoms. The topological polar surface area (TPSA) is 134 Å². The second-order valence-electron chi connectivity index (χ2n) is 12.1. The molecular formula is C40H68NO8P. The molecule has 50 heavy (non-hydrogen) atoms. The van der Waals surface area contributed by atoms with Gasteiger partial charge in [0, 0.05) is 19.4 Å². The summed E-state index contributed by atoms with van der Waals surface area (Å²) in [6.07, 6.45) is 42.4. The van der Waals surface area contributed by atoms with Gasteiger partial charge in [-0.2, -0.15) is 0 Å². The molecule has 1 unspecified atom stereocenters. The Morgan fingerprint density at radius 2 is 1.10 bits per heavy atom. The summed E-state index contributed by atoms with van der Waals surface area (Å²) in [6.45, 7) is 3.48. The van der Waals surface area contributed by atoms with Crippen LogP contribution in [-0.4, -0.2) is 49.3 Å². The Morgan fingerprint density at radius 3 is 1.60 bits per heavy atom. The molecule has 0 fully saturated rings. The van der Waals surface area contributed by atoms with Gasteiger partial charge in [0.2, 0.25) is 0 Å². The first kappa shape index (κ1) is 47.4. The fourth-order valence-corrected chi connectivity index (χ4v) is 5.36. The molecule has 9 nitrogen and oxygen atoms in total. The van der Waals surface area contributed by atoms with E-state index in [0.29, 0.717) is 6.42 Å². The van der Waals surface area contributed by atoms with Crippen LogP contribution >= 0.6 is 7.82 Å². The standard InChI is InChI=1S/C40H68NO8P/c1-3-5-7-9-11-13-15-16-17-18-19-20-21-22-23-25-27-29-31-33-40(43)49-38(37-48-50(44,45)47-35-34-41)36-46-39(42)32-30-28-26-24-14-12-10-8-6-4-2/h5,7,11,13,16-17,19-20,22-23,27,29,38H,3-4,6,8-10,12,14-15,18,21,24-26,28,30-37,41H2,1-2H3,(H,44,45)/b7-5-,13-11-,17-16-,20-19-,23-22-,29-27-/t38-/m1/s1. The highest BCUT2D eigenvalue weighted by molar-refractivity contribution is 7.47. The zero-order chi connectivity index (χ0) is 36.8. The van der Waals surface area contributed by atoms with Crippen molar-refractivity contribution in [3.8, 4) is 0 Å². The number of esters is 2. The van der Waals surface area contributed by atoms with Crippen LogP contribution in [0.25, 0.3) is 0 Å². The van der Waals surface area contributed by atoms with Crippen molar-refractivity contribution in [2.24, 2.45) is 5.73 Å². The lowest BCUT2D eigenvalue weighted by Crippen LogP contribution is -2.29. The molecular weight excluding hydrogens is 653 g/mol. The van der Waals surface area contributed by atoms with Crippen molar-refractivity contribution < 1.29 is 37.6 Å². The van der Waals surface area contributed by atoms with Crippen LogP contribution in [0.1, 0.15) is 136 Å². The Hall–Kier alpha value is -2.55. The van der Waals surface area contributed by atoms with Crippen molar-refractivity contribution in [1.29, 1.82) is 0 Å². The van der Waals surface area contributed by atoms with E-state index in [2.05, 4.69) is 74.6 Å². The Bertz CT molecular complexity index is 1050. The molecule has 0 aliphatic heterocycles. The highest BCUT2D eigenvalue weighted by Gasteiger charge is 2.25. The maximum Gasteiger partial charge on any atom is 0.472 e. The average molecular weight is 722 g/mol. The molecule has 0 amide bonds. The SMILES string of the molecule is CC/C=C\C/C=C\C/C=C\C/C=C\C/C=C\C/C=C\CCC(=O)O[C@H](COC(=O)CCCCCCCCCCCC)COP(=O)(O)OCCN. The van der Waals surface area contributed by atoms with Crippen LogP contribution in [0.15, 0.2) is 72.9 Å². The van der Waals surface area contributed by atoms with E-state index in [1.54, 1.807) is 0 Å². The summed E-state index contributed by atoms with van der Waals surface area (Å²) < 4.78 is 32.5. The van der Waals surface area contributed by atoms with Crippen LogP contribution in [0.4, 0.5) is 0 Å². The van der Waals surface area contributed by atoms with Crippen molar-refractivity contribution in [2.45, 2.75) is 142 Å². The molecule has 2 atom stereocenters. The molecule has 0 bridgehead atoms. The third-order valence-corrected chi connectivity index (χ3v) is 8.35. The van der Waals surface area contributed by atoms with Gasteiger partial charge < -0.3 is 20.1 Å². The first-order valence-corrected chi connectivity index (χ1v) is 20.4. The molecule has 0 saturated heterocycles. The minimum Gasteiger partial charge on any atom is -0.462 e. The quantitative estimate of drug-likeness (QED) is 0.0288. The Morgan fingerprint density at radius 1 is 0.620 bits per heavy atom. The highest BCUT2D eigenvalue weighted by Crippen LogP contribution is 2.43. The number of rotatable bonds is 34. The number of nitrogens with two attached hydrogens (primary N) is 1. The molecule has 0 aromatic rings. The van der Waals surface area contributed by atoms with Gasteiger partial charge in [-0.1, -0.05) is 145 Å². The molecule has 0 aromatic heterocycles. The number of carbonyl (C=O) groups is 2. The molecule has 0 spiro atoms. The summed E-state index contributed by atoms with van der Waals surface area (Å²) in [5, 5.41) is 0. The van der Waals surface area contributed by atoms with E-state index in [0.717, 1.165) is 57.8 Å². The third kappa shape index (κ3) is 35.3. The van der Waals surface area contributed by atoms with E-state index in [-0.39, 0.29) is 32.6 Å². The Balaban J connectivity index is 4.38. The van der Waals surface area contributed by atoms with E-state index < -0.39 is 32.5 Å². The second-order valence-corrected chi connectivity index (χ2v) is 13.5. The second kappa shape index (κ2) is 36.2. The third-order valence-electron chi connectivity index (χ3n) is 7.37. The van der Waals surface area contributed by atoms with E-state index in [1.165, 1.54) is 44.9 Å². The van der Waals surface area contributed by atoms with Gasteiger partial charge in [0.15, 0.2) is 6.10 Å². The first-order chi connectivity index (χ1) is 24.3. The average Bonchev–Trinajstić information content (AvgIpc) is 3.10. The summed E-state index contributed by atoms with van der Waals surface area (Å²) in [6, 6.07) is 0. The van der Waals surface area contributed by atoms with E-state index in [1.807, 2.05) is 12.2 Å².